The number of nitrogens with one attached hydrogen (secondary N) is 1. The van der Waals surface area contributed by atoms with Crippen LogP contribution in [0.1, 0.15) is 29.4 Å². The maximum atomic E-state index is 12.5. The van der Waals surface area contributed by atoms with Crippen LogP contribution in [0.15, 0.2) is 48.0 Å². The molecular weight excluding hydrogens is 391 g/mol. The van der Waals surface area contributed by atoms with Gasteiger partial charge in [0.05, 0.1) is 17.9 Å². The van der Waals surface area contributed by atoms with E-state index >= 15 is 0 Å². The van der Waals surface area contributed by atoms with Crippen LogP contribution in [-0.4, -0.2) is 22.5 Å². The molecule has 3 rings (SSSR count). The van der Waals surface area contributed by atoms with E-state index in [1.807, 2.05) is 31.2 Å². The second-order valence-corrected chi connectivity index (χ2v) is 6.65. The third kappa shape index (κ3) is 4.86. The predicted octanol–water partition coefficient (Wildman–Crippen LogP) is 5.27. The summed E-state index contributed by atoms with van der Waals surface area (Å²) in [6, 6.07) is 9.27. The third-order valence-electron chi connectivity index (χ3n) is 3.66. The van der Waals surface area contributed by atoms with Gasteiger partial charge < -0.3 is 4.74 Å². The van der Waals surface area contributed by atoms with Crippen LogP contribution in [0.25, 0.3) is 11.3 Å². The molecule has 5 nitrogen and oxygen atoms in total. The molecule has 9 heteroatoms. The third-order valence-corrected chi connectivity index (χ3v) is 4.42. The van der Waals surface area contributed by atoms with Crippen molar-refractivity contribution in [3.63, 3.8) is 0 Å². The summed E-state index contributed by atoms with van der Waals surface area (Å²) in [5, 5.41) is 4.69. The first-order valence-electron chi connectivity index (χ1n) is 8.40. The number of amides is 1. The van der Waals surface area contributed by atoms with Gasteiger partial charge in [-0.15, -0.1) is 11.3 Å². The van der Waals surface area contributed by atoms with Gasteiger partial charge in [0.1, 0.15) is 11.4 Å². The summed E-state index contributed by atoms with van der Waals surface area (Å²) in [6.07, 6.45) is -2.73. The fourth-order valence-electron chi connectivity index (χ4n) is 2.27. The molecule has 28 heavy (non-hydrogen) atoms. The number of alkyl halides is 3. The molecular formula is C19H16F3N3O2S. The van der Waals surface area contributed by atoms with Crippen LogP contribution < -0.4 is 10.1 Å². The minimum Gasteiger partial charge on any atom is -0.494 e. The Balaban J connectivity index is 1.66. The molecule has 0 aliphatic rings. The van der Waals surface area contributed by atoms with Gasteiger partial charge in [0, 0.05) is 17.1 Å². The van der Waals surface area contributed by atoms with E-state index in [-0.39, 0.29) is 5.56 Å². The lowest BCUT2D eigenvalue weighted by molar-refractivity contribution is -0.141. The highest BCUT2D eigenvalue weighted by atomic mass is 32.1. The van der Waals surface area contributed by atoms with Gasteiger partial charge in [-0.2, -0.15) is 13.2 Å². The van der Waals surface area contributed by atoms with Crippen LogP contribution in [0.5, 0.6) is 5.75 Å². The van der Waals surface area contributed by atoms with Gasteiger partial charge in [0.15, 0.2) is 5.13 Å². The lowest BCUT2D eigenvalue weighted by atomic mass is 10.2. The molecule has 0 unspecified atom stereocenters. The minimum absolute atomic E-state index is 0.0159. The van der Waals surface area contributed by atoms with Crippen molar-refractivity contribution in [3.05, 3.63) is 59.2 Å². The van der Waals surface area contributed by atoms with Gasteiger partial charge in [-0.05, 0) is 42.8 Å². The molecule has 1 aromatic carbocycles. The summed E-state index contributed by atoms with van der Waals surface area (Å²) in [5.41, 5.74) is 0.499. The van der Waals surface area contributed by atoms with Gasteiger partial charge in [-0.1, -0.05) is 6.92 Å². The standard InChI is InChI=1S/C19H16F3N3O2S/c1-2-9-27-14-6-3-12(4-7-14)15-11-28-18(24-15)25-17(26)13-5-8-16(23-10-13)19(20,21)22/h3-8,10-11H,2,9H2,1H3,(H,24,25,26). The molecule has 1 amide bonds. The quantitative estimate of drug-likeness (QED) is 0.605. The van der Waals surface area contributed by atoms with E-state index in [9.17, 15) is 18.0 Å². The Morgan fingerprint density at radius 2 is 1.93 bits per heavy atom. The number of aromatic nitrogens is 2. The number of halogens is 3. The number of hydrogen-bond acceptors (Lipinski definition) is 5. The summed E-state index contributed by atoms with van der Waals surface area (Å²) < 4.78 is 43.1. The van der Waals surface area contributed by atoms with Gasteiger partial charge in [-0.25, -0.2) is 4.98 Å². The van der Waals surface area contributed by atoms with Crippen LogP contribution in [0.3, 0.4) is 0 Å². The average molecular weight is 407 g/mol. The molecule has 0 aliphatic carbocycles. The molecule has 0 saturated carbocycles. The number of hydrogen-bond donors (Lipinski definition) is 1. The maximum absolute atomic E-state index is 12.5. The molecule has 0 spiro atoms. The zero-order valence-electron chi connectivity index (χ0n) is 14.8. The number of nitrogens with zero attached hydrogens (tertiary/aromatic N) is 2. The lowest BCUT2D eigenvalue weighted by Gasteiger charge is -2.06. The number of thiazole rings is 1. The SMILES string of the molecule is CCCOc1ccc(-c2csc(NC(=O)c3ccc(C(F)(F)F)nc3)n2)cc1. The molecule has 0 bridgehead atoms. The molecule has 146 valence electrons. The number of benzene rings is 1. The fraction of sp³-hybridized carbons (Fsp3) is 0.211. The Morgan fingerprint density at radius 3 is 2.54 bits per heavy atom. The Morgan fingerprint density at radius 1 is 1.18 bits per heavy atom. The number of pyridine rings is 1. The number of anilines is 1. The number of ether oxygens (including phenoxy) is 1. The smallest absolute Gasteiger partial charge is 0.433 e. The molecule has 0 aliphatic heterocycles. The second-order valence-electron chi connectivity index (χ2n) is 5.79. The Hall–Kier alpha value is -2.94. The van der Waals surface area contributed by atoms with Crippen LogP contribution in [-0.2, 0) is 6.18 Å². The molecule has 0 radical (unpaired) electrons. The van der Waals surface area contributed by atoms with Crippen LogP contribution >= 0.6 is 11.3 Å². The first-order chi connectivity index (χ1) is 13.4. The first kappa shape index (κ1) is 19.8. The van der Waals surface area contributed by atoms with Crippen molar-refractivity contribution in [2.75, 3.05) is 11.9 Å². The van der Waals surface area contributed by atoms with Crippen LogP contribution in [0.4, 0.5) is 18.3 Å². The maximum Gasteiger partial charge on any atom is 0.433 e. The van der Waals surface area contributed by atoms with Crippen LogP contribution in [0, 0.1) is 0 Å². The Kier molecular flexibility index (Phi) is 5.93. The van der Waals surface area contributed by atoms with Crippen molar-refractivity contribution in [3.8, 4) is 17.0 Å². The van der Waals surface area contributed by atoms with Crippen molar-refractivity contribution in [1.82, 2.24) is 9.97 Å². The minimum atomic E-state index is -4.55. The Labute approximate surface area is 163 Å². The normalized spacial score (nSPS) is 11.3. The molecule has 2 heterocycles. The highest BCUT2D eigenvalue weighted by Gasteiger charge is 2.32. The molecule has 3 aromatic rings. The molecule has 0 atom stereocenters. The van der Waals surface area contributed by atoms with Crippen molar-refractivity contribution in [2.24, 2.45) is 0 Å². The summed E-state index contributed by atoms with van der Waals surface area (Å²) >= 11 is 1.22. The van der Waals surface area contributed by atoms with E-state index in [0.29, 0.717) is 17.4 Å². The van der Waals surface area contributed by atoms with Gasteiger partial charge >= 0.3 is 6.18 Å². The van der Waals surface area contributed by atoms with E-state index in [1.165, 1.54) is 11.3 Å². The number of rotatable bonds is 6. The molecule has 0 fully saturated rings. The van der Waals surface area contributed by atoms with E-state index < -0.39 is 17.8 Å². The summed E-state index contributed by atoms with van der Waals surface area (Å²) in [6.45, 7) is 2.67. The van der Waals surface area contributed by atoms with Crippen molar-refractivity contribution < 1.29 is 22.7 Å². The van der Waals surface area contributed by atoms with E-state index in [4.69, 9.17) is 4.74 Å². The zero-order chi connectivity index (χ0) is 20.1. The lowest BCUT2D eigenvalue weighted by Crippen LogP contribution is -2.14. The summed E-state index contributed by atoms with van der Waals surface area (Å²) in [5.74, 6) is 0.189. The van der Waals surface area contributed by atoms with Gasteiger partial charge in [0.25, 0.3) is 5.91 Å². The van der Waals surface area contributed by atoms with Crippen molar-refractivity contribution >= 4 is 22.4 Å². The topological polar surface area (TPSA) is 64.1 Å². The van der Waals surface area contributed by atoms with Crippen molar-refractivity contribution in [1.29, 1.82) is 0 Å². The average Bonchev–Trinajstić information content (AvgIpc) is 3.14. The second kappa shape index (κ2) is 8.39. The van der Waals surface area contributed by atoms with E-state index in [1.54, 1.807) is 5.38 Å². The van der Waals surface area contributed by atoms with Gasteiger partial charge in [0.2, 0.25) is 0 Å². The summed E-state index contributed by atoms with van der Waals surface area (Å²) in [4.78, 5) is 19.8. The van der Waals surface area contributed by atoms with E-state index in [2.05, 4.69) is 15.3 Å². The highest BCUT2D eigenvalue weighted by Crippen LogP contribution is 2.28. The first-order valence-corrected chi connectivity index (χ1v) is 9.28. The number of carbonyl (C=O) groups is 1. The predicted molar refractivity (Wildman–Crippen MR) is 101 cm³/mol. The molecule has 1 N–H and O–H groups in total. The monoisotopic (exact) mass is 407 g/mol. The van der Waals surface area contributed by atoms with Crippen molar-refractivity contribution in [2.45, 2.75) is 19.5 Å². The molecule has 0 saturated heterocycles. The Bertz CT molecular complexity index is 938. The highest BCUT2D eigenvalue weighted by molar-refractivity contribution is 7.14. The van der Waals surface area contributed by atoms with Crippen LogP contribution in [0.2, 0.25) is 0 Å². The largest absolute Gasteiger partial charge is 0.494 e. The molecule has 2 aromatic heterocycles. The van der Waals surface area contributed by atoms with Gasteiger partial charge in [-0.3, -0.25) is 15.1 Å². The fourth-order valence-corrected chi connectivity index (χ4v) is 2.99. The number of carbonyl (C=O) groups excluding carboxylic acids is 1. The zero-order valence-corrected chi connectivity index (χ0v) is 15.6. The summed E-state index contributed by atoms with van der Waals surface area (Å²) in [7, 11) is 0. The van der Waals surface area contributed by atoms with E-state index in [0.717, 1.165) is 36.1 Å².